The van der Waals surface area contributed by atoms with Crippen molar-refractivity contribution in [1.29, 1.82) is 0 Å². The zero-order valence-electron chi connectivity index (χ0n) is 14.8. The van der Waals surface area contributed by atoms with Crippen LogP contribution in [-0.2, 0) is 9.53 Å². The normalized spacial score (nSPS) is 15.0. The lowest BCUT2D eigenvalue weighted by Crippen LogP contribution is -2.05. The molecule has 0 atom stereocenters. The van der Waals surface area contributed by atoms with Gasteiger partial charge in [0.05, 0.1) is 23.8 Å². The maximum Gasteiger partial charge on any atom is 0.363 e. The first-order valence-corrected chi connectivity index (χ1v) is 11.4. The summed E-state index contributed by atoms with van der Waals surface area (Å²) in [4.78, 5) is 16.5. The summed E-state index contributed by atoms with van der Waals surface area (Å²) in [5.41, 5.74) is 1.67. The Balaban J connectivity index is 1.87. The van der Waals surface area contributed by atoms with Gasteiger partial charge in [-0.2, -0.15) is 0 Å². The van der Waals surface area contributed by atoms with Crippen LogP contribution < -0.4 is 4.74 Å². The SMILES string of the molecule is CCCCOc1c(I)cc(/C=C2\N=C(c3ccc(Cl)c(Cl)c3)OC2=O)cc1I. The fourth-order valence-corrected chi connectivity index (χ4v) is 4.86. The van der Waals surface area contributed by atoms with E-state index in [2.05, 4.69) is 57.1 Å². The van der Waals surface area contributed by atoms with Crippen molar-refractivity contribution in [2.45, 2.75) is 19.8 Å². The monoisotopic (exact) mass is 641 g/mol. The molecule has 0 N–H and O–H groups in total. The number of cyclic esters (lactones) is 1. The average molecular weight is 642 g/mol. The van der Waals surface area contributed by atoms with Crippen LogP contribution in [0.2, 0.25) is 10.0 Å². The summed E-state index contributed by atoms with van der Waals surface area (Å²) in [7, 11) is 0. The van der Waals surface area contributed by atoms with E-state index < -0.39 is 5.97 Å². The van der Waals surface area contributed by atoms with Crippen LogP contribution in [0.5, 0.6) is 5.75 Å². The van der Waals surface area contributed by atoms with Crippen molar-refractivity contribution in [3.05, 3.63) is 64.3 Å². The maximum absolute atomic E-state index is 12.2. The van der Waals surface area contributed by atoms with E-state index in [1.54, 1.807) is 24.3 Å². The van der Waals surface area contributed by atoms with Crippen molar-refractivity contribution in [2.75, 3.05) is 6.61 Å². The van der Waals surface area contributed by atoms with E-state index in [9.17, 15) is 4.79 Å². The lowest BCUT2D eigenvalue weighted by atomic mass is 10.2. The van der Waals surface area contributed by atoms with Gasteiger partial charge in [0.1, 0.15) is 5.75 Å². The van der Waals surface area contributed by atoms with E-state index in [4.69, 9.17) is 32.7 Å². The van der Waals surface area contributed by atoms with Gasteiger partial charge < -0.3 is 9.47 Å². The van der Waals surface area contributed by atoms with Gasteiger partial charge in [-0.1, -0.05) is 36.5 Å². The summed E-state index contributed by atoms with van der Waals surface area (Å²) in [6, 6.07) is 8.87. The molecule has 1 aliphatic rings. The third-order valence-electron chi connectivity index (χ3n) is 3.86. The van der Waals surface area contributed by atoms with Gasteiger partial charge in [0.2, 0.25) is 5.90 Å². The summed E-state index contributed by atoms with van der Waals surface area (Å²) in [6.07, 6.45) is 3.79. The Morgan fingerprint density at radius 3 is 2.50 bits per heavy atom. The van der Waals surface area contributed by atoms with E-state index >= 15 is 0 Å². The second kappa shape index (κ2) is 9.77. The number of esters is 1. The number of ether oxygens (including phenoxy) is 2. The molecular weight excluding hydrogens is 627 g/mol. The van der Waals surface area contributed by atoms with E-state index in [0.29, 0.717) is 22.2 Å². The van der Waals surface area contributed by atoms with Gasteiger partial charge in [-0.3, -0.25) is 0 Å². The number of carbonyl (C=O) groups excluding carboxylic acids is 1. The van der Waals surface area contributed by atoms with Crippen LogP contribution in [0.15, 0.2) is 41.0 Å². The molecule has 0 fully saturated rings. The molecule has 0 radical (unpaired) electrons. The highest BCUT2D eigenvalue weighted by Crippen LogP contribution is 2.31. The number of rotatable bonds is 6. The van der Waals surface area contributed by atoms with Gasteiger partial charge in [0, 0.05) is 5.56 Å². The standard InChI is InChI=1S/C20H15Cl2I2NO3/c1-2-3-6-27-18-15(23)7-11(8-16(18)24)9-17-20(26)28-19(25-17)12-4-5-13(21)14(22)10-12/h4-5,7-10H,2-3,6H2,1H3/b17-9-. The summed E-state index contributed by atoms with van der Waals surface area (Å²) < 4.78 is 13.1. The molecule has 8 heteroatoms. The van der Waals surface area contributed by atoms with E-state index in [1.165, 1.54) is 0 Å². The first-order chi connectivity index (χ1) is 13.4. The highest BCUT2D eigenvalue weighted by Gasteiger charge is 2.24. The Hall–Kier alpha value is -0.840. The molecule has 2 aromatic carbocycles. The van der Waals surface area contributed by atoms with Crippen LogP contribution in [0.3, 0.4) is 0 Å². The zero-order chi connectivity index (χ0) is 20.3. The van der Waals surface area contributed by atoms with Gasteiger partial charge in [-0.25, -0.2) is 9.79 Å². The Kier molecular flexibility index (Phi) is 7.63. The first kappa shape index (κ1) is 21.9. The fourth-order valence-electron chi connectivity index (χ4n) is 2.44. The Bertz CT molecular complexity index is 966. The fraction of sp³-hybridized carbons (Fsp3) is 0.200. The molecule has 2 aromatic rings. The molecule has 0 saturated heterocycles. The van der Waals surface area contributed by atoms with E-state index in [1.807, 2.05) is 12.1 Å². The summed E-state index contributed by atoms with van der Waals surface area (Å²) >= 11 is 16.4. The highest BCUT2D eigenvalue weighted by atomic mass is 127. The minimum atomic E-state index is -0.505. The first-order valence-electron chi connectivity index (χ1n) is 8.49. The third-order valence-corrected chi connectivity index (χ3v) is 6.20. The molecule has 28 heavy (non-hydrogen) atoms. The maximum atomic E-state index is 12.2. The van der Waals surface area contributed by atoms with E-state index in [-0.39, 0.29) is 11.6 Å². The molecule has 0 unspecified atom stereocenters. The predicted octanol–water partition coefficient (Wildman–Crippen LogP) is 6.73. The zero-order valence-corrected chi connectivity index (χ0v) is 20.6. The topological polar surface area (TPSA) is 47.9 Å². The number of nitrogens with zero attached hydrogens (tertiary/aromatic N) is 1. The molecular formula is C20H15Cl2I2NO3. The molecule has 0 aliphatic carbocycles. The third kappa shape index (κ3) is 5.20. The number of benzene rings is 2. The van der Waals surface area contributed by atoms with Gasteiger partial charge >= 0.3 is 5.97 Å². The highest BCUT2D eigenvalue weighted by molar-refractivity contribution is 14.1. The molecule has 0 spiro atoms. The smallest absolute Gasteiger partial charge is 0.363 e. The molecule has 0 amide bonds. The second-order valence-corrected chi connectivity index (χ2v) is 9.12. The molecule has 146 valence electrons. The van der Waals surface area contributed by atoms with Crippen LogP contribution in [0, 0.1) is 7.14 Å². The van der Waals surface area contributed by atoms with Crippen molar-refractivity contribution < 1.29 is 14.3 Å². The van der Waals surface area contributed by atoms with Crippen LogP contribution in [0.4, 0.5) is 0 Å². The van der Waals surface area contributed by atoms with Crippen molar-refractivity contribution in [1.82, 2.24) is 0 Å². The molecule has 0 bridgehead atoms. The van der Waals surface area contributed by atoms with Crippen molar-refractivity contribution in [2.24, 2.45) is 4.99 Å². The van der Waals surface area contributed by atoms with Crippen LogP contribution in [0.25, 0.3) is 6.08 Å². The van der Waals surface area contributed by atoms with Gasteiger partial charge in [-0.05, 0) is 93.6 Å². The number of halogens is 4. The number of aliphatic imine (C=N–C) groups is 1. The summed E-state index contributed by atoms with van der Waals surface area (Å²) in [5, 5.41) is 0.801. The Labute approximate surface area is 200 Å². The van der Waals surface area contributed by atoms with Gasteiger partial charge in [-0.15, -0.1) is 0 Å². The quantitative estimate of drug-likeness (QED) is 0.152. The Morgan fingerprint density at radius 1 is 1.14 bits per heavy atom. The number of hydrogen-bond acceptors (Lipinski definition) is 4. The van der Waals surface area contributed by atoms with Gasteiger partial charge in [0.15, 0.2) is 5.70 Å². The molecule has 1 aliphatic heterocycles. The largest absolute Gasteiger partial charge is 0.491 e. The molecule has 1 heterocycles. The van der Waals surface area contributed by atoms with Crippen molar-refractivity contribution in [3.63, 3.8) is 0 Å². The molecule has 4 nitrogen and oxygen atoms in total. The molecule has 0 saturated carbocycles. The van der Waals surface area contributed by atoms with Crippen molar-refractivity contribution >= 4 is 86.3 Å². The number of unbranched alkanes of at least 4 members (excludes halogenated alkanes) is 1. The Morgan fingerprint density at radius 2 is 1.86 bits per heavy atom. The number of carbonyl (C=O) groups is 1. The summed E-state index contributed by atoms with van der Waals surface area (Å²) in [6.45, 7) is 2.81. The summed E-state index contributed by atoms with van der Waals surface area (Å²) in [5.74, 6) is 0.568. The molecule has 3 rings (SSSR count). The van der Waals surface area contributed by atoms with Crippen LogP contribution in [-0.4, -0.2) is 18.5 Å². The van der Waals surface area contributed by atoms with Crippen LogP contribution >= 0.6 is 68.4 Å². The average Bonchev–Trinajstić information content (AvgIpc) is 3.00. The minimum absolute atomic E-state index is 0.207. The predicted molar refractivity (Wildman–Crippen MR) is 129 cm³/mol. The number of hydrogen-bond donors (Lipinski definition) is 0. The van der Waals surface area contributed by atoms with Gasteiger partial charge in [0.25, 0.3) is 0 Å². The van der Waals surface area contributed by atoms with Crippen molar-refractivity contribution in [3.8, 4) is 5.75 Å². The minimum Gasteiger partial charge on any atom is -0.491 e. The molecule has 0 aromatic heterocycles. The lowest BCUT2D eigenvalue weighted by molar-refractivity contribution is -0.129. The lowest BCUT2D eigenvalue weighted by Gasteiger charge is -2.11. The van der Waals surface area contributed by atoms with E-state index in [0.717, 1.165) is 31.3 Å². The second-order valence-electron chi connectivity index (χ2n) is 5.98. The van der Waals surface area contributed by atoms with Crippen LogP contribution in [0.1, 0.15) is 30.9 Å².